The second-order valence-corrected chi connectivity index (χ2v) is 15.5. The number of carbonyl (C=O) groups is 1. The summed E-state index contributed by atoms with van der Waals surface area (Å²) in [5.41, 5.74) is -0.0431. The van der Waals surface area contributed by atoms with Crippen LogP contribution in [0.2, 0.25) is 0 Å². The van der Waals surface area contributed by atoms with Gasteiger partial charge in [0, 0.05) is 23.6 Å². The van der Waals surface area contributed by atoms with E-state index in [-0.39, 0.29) is 34.4 Å². The van der Waals surface area contributed by atoms with Gasteiger partial charge in [-0.15, -0.1) is 0 Å². The number of aliphatic hydroxyl groups excluding tert-OH is 1. The molecule has 4 aromatic heterocycles. The molecular weight excluding hydrogens is 795 g/mol. The van der Waals surface area contributed by atoms with Crippen LogP contribution in [0.15, 0.2) is 60.3 Å². The van der Waals surface area contributed by atoms with E-state index in [0.29, 0.717) is 5.56 Å². The average Bonchev–Trinajstić information content (AvgIpc) is 3.94. The SMILES string of the molecule is C[C@@H]1[C@H](O[PH](=O)O)[C@@H](COP(=O)(OCCC#N)O[C@@H]2[C@H](C)[C@@H](CO)O[C@H]2n2cc(F)c3c(=O)[nH]cnc32)O[C@H]1n1cnc2c(NC(=O)c3ccccc3)ncnc21. The molecule has 6 heterocycles. The minimum atomic E-state index is -4.75. The third-order valence-electron chi connectivity index (χ3n) is 9.62. The number of phosphoric ester groups is 1. The van der Waals surface area contributed by atoms with Gasteiger partial charge in [0.05, 0.1) is 51.1 Å². The summed E-state index contributed by atoms with van der Waals surface area (Å²) in [5.74, 6) is -2.67. The van der Waals surface area contributed by atoms with Crippen LogP contribution in [0.5, 0.6) is 0 Å². The Balaban J connectivity index is 1.15. The molecule has 4 N–H and O–H groups in total. The lowest BCUT2D eigenvalue weighted by Gasteiger charge is -2.28. The number of H-pyrrole nitrogens is 1. The molecule has 0 spiro atoms. The fourth-order valence-electron chi connectivity index (χ4n) is 6.82. The predicted molar refractivity (Wildman–Crippen MR) is 194 cm³/mol. The molecule has 2 aliphatic heterocycles. The van der Waals surface area contributed by atoms with Crippen LogP contribution in [0.1, 0.15) is 43.1 Å². The van der Waals surface area contributed by atoms with Gasteiger partial charge in [0.25, 0.3) is 11.5 Å². The highest BCUT2D eigenvalue weighted by molar-refractivity contribution is 7.48. The number of hydrogen-bond donors (Lipinski definition) is 4. The maximum absolute atomic E-state index is 15.0. The molecule has 2 saturated heterocycles. The number of anilines is 1. The number of ether oxygens (including phenoxy) is 2. The second kappa shape index (κ2) is 17.0. The number of imidazole rings is 1. The van der Waals surface area contributed by atoms with E-state index in [9.17, 15) is 34.0 Å². The Morgan fingerprint density at radius 1 is 1.07 bits per heavy atom. The number of aliphatic hydroxyl groups is 1. The summed E-state index contributed by atoms with van der Waals surface area (Å²) >= 11 is 0. The number of halogens is 1. The number of aromatic nitrogens is 7. The smallest absolute Gasteiger partial charge is 0.394 e. The fourth-order valence-corrected chi connectivity index (χ4v) is 8.86. The predicted octanol–water partition coefficient (Wildman–Crippen LogP) is 3.22. The zero-order valence-corrected chi connectivity index (χ0v) is 32.0. The zero-order chi connectivity index (χ0) is 40.4. The summed E-state index contributed by atoms with van der Waals surface area (Å²) in [4.78, 5) is 54.4. The van der Waals surface area contributed by atoms with Crippen LogP contribution in [0.25, 0.3) is 22.2 Å². The molecule has 0 radical (unpaired) electrons. The number of rotatable bonds is 15. The third kappa shape index (κ3) is 8.17. The van der Waals surface area contributed by atoms with Crippen molar-refractivity contribution in [1.82, 2.24) is 34.1 Å². The highest BCUT2D eigenvalue weighted by Crippen LogP contribution is 2.56. The fraction of sp³-hybridized carbons (Fsp3) is 0.424. The van der Waals surface area contributed by atoms with Crippen LogP contribution in [0.3, 0.4) is 0 Å². The highest BCUT2D eigenvalue weighted by atomic mass is 31.2. The van der Waals surface area contributed by atoms with Crippen LogP contribution < -0.4 is 10.9 Å². The van der Waals surface area contributed by atoms with Gasteiger partial charge < -0.3 is 38.9 Å². The van der Waals surface area contributed by atoms with Gasteiger partial charge in [-0.3, -0.25) is 32.3 Å². The molecule has 5 aromatic rings. The second-order valence-electron chi connectivity index (χ2n) is 13.1. The monoisotopic (exact) mass is 831 g/mol. The summed E-state index contributed by atoms with van der Waals surface area (Å²) in [5, 5.41) is 21.6. The Bertz CT molecular complexity index is 2430. The van der Waals surface area contributed by atoms with Gasteiger partial charge in [-0.05, 0) is 12.1 Å². The van der Waals surface area contributed by atoms with Crippen molar-refractivity contribution < 1.29 is 55.9 Å². The molecule has 2 aliphatic rings. The average molecular weight is 832 g/mol. The molecule has 0 aliphatic carbocycles. The molecule has 302 valence electrons. The molecule has 0 saturated carbocycles. The van der Waals surface area contributed by atoms with Crippen molar-refractivity contribution in [2.75, 3.05) is 25.1 Å². The molecule has 21 nitrogen and oxygen atoms in total. The van der Waals surface area contributed by atoms with Gasteiger partial charge in [0.1, 0.15) is 36.3 Å². The molecule has 10 atom stereocenters. The number of phosphoric acid groups is 1. The van der Waals surface area contributed by atoms with Crippen molar-refractivity contribution in [2.24, 2.45) is 11.8 Å². The van der Waals surface area contributed by atoms with Crippen LogP contribution in [-0.4, -0.2) is 94.2 Å². The van der Waals surface area contributed by atoms with E-state index in [2.05, 4.69) is 30.2 Å². The van der Waals surface area contributed by atoms with Crippen LogP contribution >= 0.6 is 16.1 Å². The van der Waals surface area contributed by atoms with Gasteiger partial charge in [-0.2, -0.15) is 5.26 Å². The van der Waals surface area contributed by atoms with Crippen LogP contribution in [0.4, 0.5) is 10.2 Å². The van der Waals surface area contributed by atoms with E-state index < -0.39 is 102 Å². The van der Waals surface area contributed by atoms with Crippen molar-refractivity contribution in [1.29, 1.82) is 5.26 Å². The number of nitrogens with one attached hydrogen (secondary N) is 2. The van der Waals surface area contributed by atoms with Crippen LogP contribution in [0, 0.1) is 29.0 Å². The van der Waals surface area contributed by atoms with Crippen LogP contribution in [-0.2, 0) is 36.7 Å². The Kier molecular flexibility index (Phi) is 12.0. The topological polar surface area (TPSA) is 277 Å². The molecular formula is C33H36FN9O12P2. The number of carbonyl (C=O) groups excluding carboxylic acids is 1. The van der Waals surface area contributed by atoms with Gasteiger partial charge >= 0.3 is 16.1 Å². The van der Waals surface area contributed by atoms with Crippen molar-refractivity contribution in [2.45, 2.75) is 57.1 Å². The summed E-state index contributed by atoms with van der Waals surface area (Å²) in [6.45, 7) is 1.73. The van der Waals surface area contributed by atoms with Gasteiger partial charge in [-0.25, -0.2) is 28.9 Å². The lowest BCUT2D eigenvalue weighted by molar-refractivity contribution is -0.0610. The minimum absolute atomic E-state index is 0.115. The quantitative estimate of drug-likeness (QED) is 0.0870. The van der Waals surface area contributed by atoms with E-state index in [1.54, 1.807) is 44.2 Å². The molecule has 24 heteroatoms. The van der Waals surface area contributed by atoms with Gasteiger partial charge in [-0.1, -0.05) is 32.0 Å². The summed E-state index contributed by atoms with van der Waals surface area (Å²) < 4.78 is 79.3. The Morgan fingerprint density at radius 2 is 1.84 bits per heavy atom. The Labute approximate surface area is 322 Å². The summed E-state index contributed by atoms with van der Waals surface area (Å²) in [7, 11) is -8.33. The van der Waals surface area contributed by atoms with E-state index in [1.807, 2.05) is 6.07 Å². The van der Waals surface area contributed by atoms with E-state index in [1.165, 1.54) is 21.8 Å². The largest absolute Gasteiger partial charge is 0.475 e. The number of hydrogen-bond acceptors (Lipinski definition) is 16. The number of nitriles is 1. The first-order chi connectivity index (χ1) is 27.4. The standard InChI is InChI=1S/C33H36FN9O12P2/c1-17-21(12-44)52-33(42-11-20(34)23-28(42)37-15-39-31(23)46)26(17)55-57(49,50-10-6-9-35)51-13-22-25(54-56(47)48)18(2)32(53-22)43-16-40-24-27(36-14-38-29(24)43)41-30(45)19-7-4-3-5-8-19/h3-5,7-8,11,14-18,21-22,25-26,32-33,44,56H,6,10,12-13H2,1-2H3,(H,47,48)(H,37,39,46)(H,36,38,41,45)/t17-,18-,21-,22-,25+,26-,32-,33-,57?/m1/s1. The first-order valence-electron chi connectivity index (χ1n) is 17.5. The lowest BCUT2D eigenvalue weighted by Crippen LogP contribution is -2.32. The molecule has 7 rings (SSSR count). The van der Waals surface area contributed by atoms with Gasteiger partial charge in [0.2, 0.25) is 0 Å². The lowest BCUT2D eigenvalue weighted by atomic mass is 10.0. The zero-order valence-electron chi connectivity index (χ0n) is 30.1. The first-order valence-corrected chi connectivity index (χ1v) is 20.2. The molecule has 1 aromatic carbocycles. The normalized spacial score (nSPS) is 26.4. The summed E-state index contributed by atoms with van der Waals surface area (Å²) in [6, 6.07) is 10.3. The maximum atomic E-state index is 15.0. The maximum Gasteiger partial charge on any atom is 0.475 e. The Hall–Kier alpha value is -4.78. The number of aromatic amines is 1. The number of nitrogens with zero attached hydrogens (tertiary/aromatic N) is 7. The minimum Gasteiger partial charge on any atom is -0.394 e. The molecule has 1 amide bonds. The molecule has 2 fully saturated rings. The van der Waals surface area contributed by atoms with Gasteiger partial charge in [0.15, 0.2) is 34.7 Å². The van der Waals surface area contributed by atoms with Crippen molar-refractivity contribution in [3.05, 3.63) is 77.2 Å². The van der Waals surface area contributed by atoms with E-state index in [0.717, 1.165) is 12.5 Å². The Morgan fingerprint density at radius 3 is 2.58 bits per heavy atom. The molecule has 0 bridgehead atoms. The molecule has 57 heavy (non-hydrogen) atoms. The third-order valence-corrected chi connectivity index (χ3v) is 11.6. The first kappa shape index (κ1) is 40.4. The van der Waals surface area contributed by atoms with E-state index >= 15 is 4.39 Å². The summed E-state index contributed by atoms with van der Waals surface area (Å²) in [6.07, 6.45) is -2.42. The number of benzene rings is 1. The number of fused-ring (bicyclic) bond motifs is 2. The van der Waals surface area contributed by atoms with Crippen molar-refractivity contribution >= 4 is 50.0 Å². The molecule has 2 unspecified atom stereocenters. The number of amides is 1. The van der Waals surface area contributed by atoms with E-state index in [4.69, 9.17) is 27.6 Å². The van der Waals surface area contributed by atoms with Crippen molar-refractivity contribution in [3.63, 3.8) is 0 Å². The van der Waals surface area contributed by atoms with Crippen molar-refractivity contribution in [3.8, 4) is 6.07 Å². The highest BCUT2D eigenvalue weighted by Gasteiger charge is 2.50.